The van der Waals surface area contributed by atoms with Crippen LogP contribution in [0.15, 0.2) is 12.4 Å². The molecule has 4 heteroatoms. The van der Waals surface area contributed by atoms with Crippen molar-refractivity contribution in [3.63, 3.8) is 0 Å². The summed E-state index contributed by atoms with van der Waals surface area (Å²) in [6, 6.07) is 0.696. The lowest BCUT2D eigenvalue weighted by atomic mass is 10.1. The zero-order valence-corrected chi connectivity index (χ0v) is 11.7. The van der Waals surface area contributed by atoms with Crippen LogP contribution in [0.3, 0.4) is 0 Å². The average molecular weight is 250 g/mol. The first-order valence-corrected chi connectivity index (χ1v) is 7.21. The largest absolute Gasteiger partial charge is 0.338 e. The summed E-state index contributed by atoms with van der Waals surface area (Å²) in [5, 5.41) is 3.69. The Hall–Kier alpha value is -0.870. The molecule has 18 heavy (non-hydrogen) atoms. The van der Waals surface area contributed by atoms with Crippen LogP contribution < -0.4 is 5.32 Å². The van der Waals surface area contributed by atoms with Crippen molar-refractivity contribution in [1.82, 2.24) is 19.8 Å². The molecule has 4 nitrogen and oxygen atoms in total. The summed E-state index contributed by atoms with van der Waals surface area (Å²) in [6.45, 7) is 7.01. The maximum atomic E-state index is 4.36. The van der Waals surface area contributed by atoms with E-state index >= 15 is 0 Å². The van der Waals surface area contributed by atoms with Gasteiger partial charge in [0, 0.05) is 38.4 Å². The smallest absolute Gasteiger partial charge is 0.109 e. The number of hydrogen-bond acceptors (Lipinski definition) is 3. The first-order valence-electron chi connectivity index (χ1n) is 7.21. The highest BCUT2D eigenvalue weighted by atomic mass is 15.1. The van der Waals surface area contributed by atoms with E-state index in [0.717, 1.165) is 13.0 Å². The van der Waals surface area contributed by atoms with Crippen LogP contribution in [-0.4, -0.2) is 46.7 Å². The zero-order chi connectivity index (χ0) is 12.8. The monoisotopic (exact) mass is 250 g/mol. The second-order valence-electron chi connectivity index (χ2n) is 5.22. The molecule has 1 saturated heterocycles. The summed E-state index contributed by atoms with van der Waals surface area (Å²) in [6.07, 6.45) is 8.84. The van der Waals surface area contributed by atoms with Crippen LogP contribution in [0.25, 0.3) is 0 Å². The van der Waals surface area contributed by atoms with E-state index < -0.39 is 0 Å². The van der Waals surface area contributed by atoms with Gasteiger partial charge in [-0.15, -0.1) is 0 Å². The minimum atomic E-state index is 0.696. The van der Waals surface area contributed by atoms with Crippen molar-refractivity contribution in [1.29, 1.82) is 0 Å². The van der Waals surface area contributed by atoms with Gasteiger partial charge in [0.25, 0.3) is 0 Å². The summed E-state index contributed by atoms with van der Waals surface area (Å²) in [5.74, 6) is 1.17. The number of aryl methyl sites for hydroxylation is 1. The molecule has 102 valence electrons. The maximum Gasteiger partial charge on any atom is 0.109 e. The van der Waals surface area contributed by atoms with Crippen LogP contribution in [0.1, 0.15) is 32.0 Å². The molecule has 1 unspecified atom stereocenters. The number of imidazole rings is 1. The molecule has 1 atom stereocenters. The zero-order valence-electron chi connectivity index (χ0n) is 11.7. The van der Waals surface area contributed by atoms with Gasteiger partial charge in [0.15, 0.2) is 0 Å². The van der Waals surface area contributed by atoms with Crippen molar-refractivity contribution in [2.24, 2.45) is 7.05 Å². The Bertz CT molecular complexity index is 347. The van der Waals surface area contributed by atoms with Gasteiger partial charge >= 0.3 is 0 Å². The van der Waals surface area contributed by atoms with Crippen molar-refractivity contribution < 1.29 is 0 Å². The lowest BCUT2D eigenvalue weighted by Gasteiger charge is -2.18. The topological polar surface area (TPSA) is 33.1 Å². The molecule has 0 aromatic carbocycles. The van der Waals surface area contributed by atoms with Gasteiger partial charge in [0.05, 0.1) is 0 Å². The lowest BCUT2D eigenvalue weighted by molar-refractivity contribution is 0.297. The summed E-state index contributed by atoms with van der Waals surface area (Å²) >= 11 is 0. The SMILES string of the molecule is CCN1CCCC(NCCc2nccn2C)CC1. The standard InChI is InChI=1S/C14H26N4/c1-3-18-10-4-5-13(7-11-18)15-8-6-14-16-9-12-17(14)2/h9,12-13,15H,3-8,10-11H2,1-2H3. The van der Waals surface area contributed by atoms with Gasteiger partial charge in [-0.25, -0.2) is 4.98 Å². The Morgan fingerprint density at radius 2 is 2.28 bits per heavy atom. The fourth-order valence-electron chi connectivity index (χ4n) is 2.70. The molecule has 0 saturated carbocycles. The Labute approximate surface area is 110 Å². The number of nitrogens with zero attached hydrogens (tertiary/aromatic N) is 3. The number of rotatable bonds is 5. The molecule has 2 rings (SSSR count). The Morgan fingerprint density at radius 3 is 3.00 bits per heavy atom. The third-order valence-corrected chi connectivity index (χ3v) is 3.97. The van der Waals surface area contributed by atoms with Crippen LogP contribution in [0.5, 0.6) is 0 Å². The Morgan fingerprint density at radius 1 is 1.39 bits per heavy atom. The fourth-order valence-corrected chi connectivity index (χ4v) is 2.70. The molecule has 1 aliphatic rings. The number of likely N-dealkylation sites (tertiary alicyclic amines) is 1. The van der Waals surface area contributed by atoms with Crippen molar-refractivity contribution in [3.8, 4) is 0 Å². The van der Waals surface area contributed by atoms with Crippen molar-refractivity contribution in [2.75, 3.05) is 26.2 Å². The van der Waals surface area contributed by atoms with E-state index in [0.29, 0.717) is 6.04 Å². The first-order chi connectivity index (χ1) is 8.79. The van der Waals surface area contributed by atoms with E-state index in [9.17, 15) is 0 Å². The number of nitrogens with one attached hydrogen (secondary N) is 1. The summed E-state index contributed by atoms with van der Waals surface area (Å²) in [4.78, 5) is 6.91. The van der Waals surface area contributed by atoms with E-state index in [2.05, 4.69) is 33.7 Å². The van der Waals surface area contributed by atoms with Crippen molar-refractivity contribution in [3.05, 3.63) is 18.2 Å². The molecular weight excluding hydrogens is 224 g/mol. The number of aromatic nitrogens is 2. The first kappa shape index (κ1) is 13.6. The van der Waals surface area contributed by atoms with Gasteiger partial charge < -0.3 is 14.8 Å². The predicted molar refractivity (Wildman–Crippen MR) is 74.7 cm³/mol. The maximum absolute atomic E-state index is 4.36. The fraction of sp³-hybridized carbons (Fsp3) is 0.786. The normalized spacial score (nSPS) is 22.0. The molecule has 0 bridgehead atoms. The number of hydrogen-bond donors (Lipinski definition) is 1. The summed E-state index contributed by atoms with van der Waals surface area (Å²) in [5.41, 5.74) is 0. The van der Waals surface area contributed by atoms with Crippen LogP contribution in [-0.2, 0) is 13.5 Å². The van der Waals surface area contributed by atoms with Crippen LogP contribution in [0.2, 0.25) is 0 Å². The Kier molecular flexibility index (Phi) is 5.20. The molecule has 0 amide bonds. The van der Waals surface area contributed by atoms with Crippen molar-refractivity contribution >= 4 is 0 Å². The summed E-state index contributed by atoms with van der Waals surface area (Å²) in [7, 11) is 2.06. The molecule has 0 radical (unpaired) electrons. The van der Waals surface area contributed by atoms with Gasteiger partial charge in [0.1, 0.15) is 5.82 Å². The molecule has 1 N–H and O–H groups in total. The van der Waals surface area contributed by atoms with E-state index in [1.54, 1.807) is 0 Å². The minimum Gasteiger partial charge on any atom is -0.338 e. The van der Waals surface area contributed by atoms with E-state index in [1.807, 2.05) is 12.4 Å². The van der Waals surface area contributed by atoms with Gasteiger partial charge in [0.2, 0.25) is 0 Å². The molecule has 1 aliphatic heterocycles. The molecule has 2 heterocycles. The molecule has 1 fully saturated rings. The third kappa shape index (κ3) is 3.82. The van der Waals surface area contributed by atoms with Gasteiger partial charge in [-0.05, 0) is 38.9 Å². The summed E-state index contributed by atoms with van der Waals surface area (Å²) < 4.78 is 2.10. The van der Waals surface area contributed by atoms with E-state index in [1.165, 1.54) is 44.7 Å². The Balaban J connectivity index is 1.69. The quantitative estimate of drug-likeness (QED) is 0.858. The second-order valence-corrected chi connectivity index (χ2v) is 5.22. The lowest BCUT2D eigenvalue weighted by Crippen LogP contribution is -2.32. The molecule has 1 aromatic heterocycles. The van der Waals surface area contributed by atoms with Gasteiger partial charge in [-0.1, -0.05) is 6.92 Å². The van der Waals surface area contributed by atoms with Crippen LogP contribution >= 0.6 is 0 Å². The molecule has 0 spiro atoms. The van der Waals surface area contributed by atoms with Gasteiger partial charge in [-0.3, -0.25) is 0 Å². The van der Waals surface area contributed by atoms with Crippen LogP contribution in [0, 0.1) is 0 Å². The highest BCUT2D eigenvalue weighted by Gasteiger charge is 2.15. The highest BCUT2D eigenvalue weighted by molar-refractivity contribution is 4.91. The van der Waals surface area contributed by atoms with Gasteiger partial charge in [-0.2, -0.15) is 0 Å². The molecular formula is C14H26N4. The predicted octanol–water partition coefficient (Wildman–Crippen LogP) is 1.43. The van der Waals surface area contributed by atoms with E-state index in [4.69, 9.17) is 0 Å². The average Bonchev–Trinajstić information content (AvgIpc) is 2.66. The molecule has 0 aliphatic carbocycles. The minimum absolute atomic E-state index is 0.696. The second kappa shape index (κ2) is 6.90. The highest BCUT2D eigenvalue weighted by Crippen LogP contribution is 2.10. The molecule has 1 aromatic rings. The van der Waals surface area contributed by atoms with Crippen molar-refractivity contribution in [2.45, 2.75) is 38.6 Å². The van der Waals surface area contributed by atoms with E-state index in [-0.39, 0.29) is 0 Å². The third-order valence-electron chi connectivity index (χ3n) is 3.97. The van der Waals surface area contributed by atoms with Crippen LogP contribution in [0.4, 0.5) is 0 Å².